The van der Waals surface area contributed by atoms with Crippen LogP contribution in [0.5, 0.6) is 0 Å². The molecule has 2 fully saturated rings. The highest BCUT2D eigenvalue weighted by Crippen LogP contribution is 2.16. The molecule has 176 valence electrons. The number of carbonyl (C=O) groups is 2. The van der Waals surface area contributed by atoms with Gasteiger partial charge in [-0.1, -0.05) is 24.3 Å². The Kier molecular flexibility index (Phi) is 7.99. The van der Waals surface area contributed by atoms with Crippen molar-refractivity contribution in [2.45, 2.75) is 71.7 Å². The molecule has 0 radical (unpaired) electrons. The minimum Gasteiger partial charge on any atom is -0.444 e. The molecule has 1 aromatic rings. The maximum absolute atomic E-state index is 12.1. The van der Waals surface area contributed by atoms with Crippen molar-refractivity contribution in [3.05, 3.63) is 35.4 Å². The molecule has 2 amide bonds. The van der Waals surface area contributed by atoms with Crippen molar-refractivity contribution in [3.8, 4) is 0 Å². The van der Waals surface area contributed by atoms with E-state index in [0.29, 0.717) is 26.1 Å². The molecule has 32 heavy (non-hydrogen) atoms. The van der Waals surface area contributed by atoms with Crippen LogP contribution < -0.4 is 10.6 Å². The zero-order valence-corrected chi connectivity index (χ0v) is 19.8. The first-order valence-electron chi connectivity index (χ1n) is 11.6. The van der Waals surface area contributed by atoms with E-state index in [-0.39, 0.29) is 18.0 Å². The largest absolute Gasteiger partial charge is 0.444 e. The molecule has 1 unspecified atom stereocenters. The molecule has 0 aliphatic carbocycles. The number of amides is 2. The number of carbonyl (C=O) groups excluding carboxylic acids is 2. The van der Waals surface area contributed by atoms with Gasteiger partial charge in [0.2, 0.25) is 5.91 Å². The molecule has 0 bridgehead atoms. The van der Waals surface area contributed by atoms with Crippen molar-refractivity contribution in [3.63, 3.8) is 0 Å². The predicted octanol–water partition coefficient (Wildman–Crippen LogP) is 2.87. The summed E-state index contributed by atoms with van der Waals surface area (Å²) in [7, 11) is 0. The van der Waals surface area contributed by atoms with E-state index in [1.165, 1.54) is 0 Å². The number of guanidine groups is 1. The van der Waals surface area contributed by atoms with Crippen molar-refractivity contribution in [2.75, 3.05) is 26.2 Å². The van der Waals surface area contributed by atoms with Crippen molar-refractivity contribution in [2.24, 2.45) is 4.99 Å². The average molecular weight is 444 g/mol. The summed E-state index contributed by atoms with van der Waals surface area (Å²) in [4.78, 5) is 32.9. The van der Waals surface area contributed by atoms with Gasteiger partial charge in [0.15, 0.2) is 5.96 Å². The molecular formula is C24H37N5O3. The Balaban J connectivity index is 1.57. The normalized spacial score (nSPS) is 19.4. The van der Waals surface area contributed by atoms with Crippen LogP contribution in [0.15, 0.2) is 29.3 Å². The fourth-order valence-corrected chi connectivity index (χ4v) is 4.05. The average Bonchev–Trinajstić information content (AvgIpc) is 3.33. The summed E-state index contributed by atoms with van der Waals surface area (Å²) >= 11 is 0. The second-order valence-corrected chi connectivity index (χ2v) is 9.49. The summed E-state index contributed by atoms with van der Waals surface area (Å²) in [6, 6.07) is 8.34. The molecule has 2 aliphatic heterocycles. The molecule has 2 saturated heterocycles. The van der Waals surface area contributed by atoms with Gasteiger partial charge >= 0.3 is 6.09 Å². The standard InChI is InChI=1S/C24H37N5O3/c1-5-25-22(29-13-11-20(17-29)27-23(31)32-24(2,3)4)26-15-18-8-6-9-19(14-18)16-28-12-7-10-21(28)30/h6,8-9,14,20H,5,7,10-13,15-17H2,1-4H3,(H,25,26)(H,27,31). The number of ether oxygens (including phenoxy) is 1. The first kappa shape index (κ1) is 23.9. The Bertz CT molecular complexity index is 833. The molecule has 3 rings (SSSR count). The second-order valence-electron chi connectivity index (χ2n) is 9.49. The highest BCUT2D eigenvalue weighted by atomic mass is 16.6. The van der Waals surface area contributed by atoms with Crippen molar-refractivity contribution < 1.29 is 14.3 Å². The molecule has 0 spiro atoms. The highest BCUT2D eigenvalue weighted by molar-refractivity contribution is 5.80. The number of hydrogen-bond acceptors (Lipinski definition) is 4. The first-order valence-corrected chi connectivity index (χ1v) is 11.6. The number of alkyl carbamates (subject to hydrolysis) is 1. The van der Waals surface area contributed by atoms with E-state index < -0.39 is 5.60 Å². The molecule has 2 aliphatic rings. The van der Waals surface area contributed by atoms with E-state index in [0.717, 1.165) is 49.6 Å². The predicted molar refractivity (Wildman–Crippen MR) is 125 cm³/mol. The molecule has 0 aromatic heterocycles. The quantitative estimate of drug-likeness (QED) is 0.522. The summed E-state index contributed by atoms with van der Waals surface area (Å²) in [6.45, 7) is 12.0. The van der Waals surface area contributed by atoms with Gasteiger partial charge in [0.1, 0.15) is 5.60 Å². The van der Waals surface area contributed by atoms with Crippen LogP contribution in [0, 0.1) is 0 Å². The third kappa shape index (κ3) is 7.14. The van der Waals surface area contributed by atoms with Gasteiger partial charge in [-0.2, -0.15) is 0 Å². The van der Waals surface area contributed by atoms with Crippen LogP contribution in [-0.2, 0) is 22.6 Å². The third-order valence-electron chi connectivity index (χ3n) is 5.49. The Labute approximate surface area is 191 Å². The summed E-state index contributed by atoms with van der Waals surface area (Å²) < 4.78 is 5.37. The summed E-state index contributed by atoms with van der Waals surface area (Å²) in [6.07, 6.45) is 2.09. The maximum Gasteiger partial charge on any atom is 0.407 e. The smallest absolute Gasteiger partial charge is 0.407 e. The zero-order chi connectivity index (χ0) is 23.1. The molecule has 1 aromatic carbocycles. The topological polar surface area (TPSA) is 86.3 Å². The lowest BCUT2D eigenvalue weighted by atomic mass is 10.1. The molecule has 0 saturated carbocycles. The Morgan fingerprint density at radius 3 is 2.72 bits per heavy atom. The number of aliphatic imine (C=N–C) groups is 1. The lowest BCUT2D eigenvalue weighted by Crippen LogP contribution is -2.44. The second kappa shape index (κ2) is 10.7. The summed E-state index contributed by atoms with van der Waals surface area (Å²) in [5, 5.41) is 6.33. The summed E-state index contributed by atoms with van der Waals surface area (Å²) in [5.41, 5.74) is 1.75. The van der Waals surface area contributed by atoms with Gasteiger partial charge in [-0.3, -0.25) is 4.79 Å². The number of likely N-dealkylation sites (tertiary alicyclic amines) is 2. The minimum absolute atomic E-state index is 0.0371. The molecule has 1 atom stereocenters. The van der Waals surface area contributed by atoms with Crippen LogP contribution in [0.4, 0.5) is 4.79 Å². The molecule has 2 heterocycles. The van der Waals surface area contributed by atoms with Crippen LogP contribution in [0.2, 0.25) is 0 Å². The zero-order valence-electron chi connectivity index (χ0n) is 19.8. The van der Waals surface area contributed by atoms with Crippen LogP contribution in [0.25, 0.3) is 0 Å². The highest BCUT2D eigenvalue weighted by Gasteiger charge is 2.28. The number of hydrogen-bond donors (Lipinski definition) is 2. The fourth-order valence-electron chi connectivity index (χ4n) is 4.05. The summed E-state index contributed by atoms with van der Waals surface area (Å²) in [5.74, 6) is 1.09. The van der Waals surface area contributed by atoms with Gasteiger partial charge in [-0.05, 0) is 51.7 Å². The monoisotopic (exact) mass is 443 g/mol. The van der Waals surface area contributed by atoms with Gasteiger partial charge in [-0.25, -0.2) is 9.79 Å². The molecule has 8 heteroatoms. The Morgan fingerprint density at radius 1 is 1.25 bits per heavy atom. The molecule has 8 nitrogen and oxygen atoms in total. The van der Waals surface area contributed by atoms with E-state index >= 15 is 0 Å². The van der Waals surface area contributed by atoms with E-state index in [1.54, 1.807) is 0 Å². The minimum atomic E-state index is -0.505. The van der Waals surface area contributed by atoms with Gasteiger partial charge < -0.3 is 25.2 Å². The van der Waals surface area contributed by atoms with Crippen LogP contribution >= 0.6 is 0 Å². The van der Waals surface area contributed by atoms with Crippen molar-refractivity contribution in [1.82, 2.24) is 20.4 Å². The van der Waals surface area contributed by atoms with E-state index in [1.807, 2.05) is 31.7 Å². The Morgan fingerprint density at radius 2 is 2.03 bits per heavy atom. The van der Waals surface area contributed by atoms with Gasteiger partial charge in [0.25, 0.3) is 0 Å². The fraction of sp³-hybridized carbons (Fsp3) is 0.625. The van der Waals surface area contributed by atoms with Gasteiger partial charge in [0, 0.05) is 39.1 Å². The van der Waals surface area contributed by atoms with Gasteiger partial charge in [0.05, 0.1) is 12.6 Å². The third-order valence-corrected chi connectivity index (χ3v) is 5.49. The first-order chi connectivity index (χ1) is 15.2. The lowest BCUT2D eigenvalue weighted by Gasteiger charge is -2.23. The molecule has 2 N–H and O–H groups in total. The van der Waals surface area contributed by atoms with Crippen LogP contribution in [0.1, 0.15) is 58.1 Å². The van der Waals surface area contributed by atoms with Crippen LogP contribution in [0.3, 0.4) is 0 Å². The molecular weight excluding hydrogens is 406 g/mol. The number of benzene rings is 1. The Hall–Kier alpha value is -2.77. The van der Waals surface area contributed by atoms with E-state index in [2.05, 4.69) is 40.7 Å². The van der Waals surface area contributed by atoms with Crippen LogP contribution in [-0.4, -0.2) is 65.6 Å². The van der Waals surface area contributed by atoms with Crippen molar-refractivity contribution >= 4 is 18.0 Å². The number of nitrogens with zero attached hydrogens (tertiary/aromatic N) is 3. The lowest BCUT2D eigenvalue weighted by molar-refractivity contribution is -0.128. The van der Waals surface area contributed by atoms with E-state index in [9.17, 15) is 9.59 Å². The van der Waals surface area contributed by atoms with Crippen molar-refractivity contribution in [1.29, 1.82) is 0 Å². The number of rotatable bonds is 6. The van der Waals surface area contributed by atoms with E-state index in [4.69, 9.17) is 9.73 Å². The number of nitrogens with one attached hydrogen (secondary N) is 2. The van der Waals surface area contributed by atoms with Gasteiger partial charge in [-0.15, -0.1) is 0 Å². The maximum atomic E-state index is 12.1. The SMILES string of the molecule is CCNC(=NCc1cccc(CN2CCCC2=O)c1)N1CCC(NC(=O)OC(C)(C)C)C1.